The third kappa shape index (κ3) is 7.28. The van der Waals surface area contributed by atoms with Crippen LogP contribution in [0.3, 0.4) is 0 Å². The van der Waals surface area contributed by atoms with Crippen molar-refractivity contribution in [1.82, 2.24) is 0 Å². The highest BCUT2D eigenvalue weighted by molar-refractivity contribution is 5.69. The molecule has 4 nitrogen and oxygen atoms in total. The maximum absolute atomic E-state index is 11.5. The Kier molecular flexibility index (Phi) is 9.49. The molecule has 2 aliphatic carbocycles. The van der Waals surface area contributed by atoms with E-state index in [4.69, 9.17) is 9.47 Å². The van der Waals surface area contributed by atoms with Gasteiger partial charge in [-0.15, -0.1) is 0 Å². The van der Waals surface area contributed by atoms with Crippen molar-refractivity contribution >= 4 is 11.9 Å². The van der Waals surface area contributed by atoms with Crippen LogP contribution in [0.2, 0.25) is 0 Å². The summed E-state index contributed by atoms with van der Waals surface area (Å²) in [5.74, 6) is 3.15. The molecular weight excluding hydrogens is 328 g/mol. The van der Waals surface area contributed by atoms with Gasteiger partial charge in [0.2, 0.25) is 0 Å². The third-order valence-corrected chi connectivity index (χ3v) is 6.57. The Morgan fingerprint density at radius 3 is 1.31 bits per heavy atom. The molecule has 0 amide bonds. The lowest BCUT2D eigenvalue weighted by atomic mass is 9.68. The van der Waals surface area contributed by atoms with Gasteiger partial charge in [0, 0.05) is 12.8 Å². The summed E-state index contributed by atoms with van der Waals surface area (Å²) in [6, 6.07) is 0. The van der Waals surface area contributed by atoms with Crippen molar-refractivity contribution in [2.45, 2.75) is 90.9 Å². The lowest BCUT2D eigenvalue weighted by Gasteiger charge is -2.38. The lowest BCUT2D eigenvalue weighted by molar-refractivity contribution is -0.144. The van der Waals surface area contributed by atoms with Crippen LogP contribution in [0, 0.1) is 23.7 Å². The first-order valence-corrected chi connectivity index (χ1v) is 10.9. The second kappa shape index (κ2) is 11.6. The molecule has 0 spiro atoms. The molecule has 0 aromatic carbocycles. The second-order valence-corrected chi connectivity index (χ2v) is 8.25. The van der Waals surface area contributed by atoms with Gasteiger partial charge in [-0.1, -0.05) is 25.7 Å². The number of hydrogen-bond acceptors (Lipinski definition) is 4. The van der Waals surface area contributed by atoms with Crippen molar-refractivity contribution in [3.8, 4) is 0 Å². The van der Waals surface area contributed by atoms with Crippen LogP contribution in [0.1, 0.15) is 90.9 Å². The molecule has 150 valence electrons. The summed E-state index contributed by atoms with van der Waals surface area (Å²) >= 11 is 0. The Hall–Kier alpha value is -1.06. The smallest absolute Gasteiger partial charge is 0.305 e. The number of rotatable bonds is 9. The molecule has 2 aliphatic rings. The first kappa shape index (κ1) is 21.2. The van der Waals surface area contributed by atoms with Crippen molar-refractivity contribution in [2.24, 2.45) is 23.7 Å². The molecule has 2 rings (SSSR count). The Morgan fingerprint density at radius 1 is 0.654 bits per heavy atom. The zero-order valence-electron chi connectivity index (χ0n) is 16.8. The summed E-state index contributed by atoms with van der Waals surface area (Å²) in [4.78, 5) is 23.0. The molecule has 0 aromatic rings. The minimum Gasteiger partial charge on any atom is -0.466 e. The normalized spacial score (nSPS) is 29.2. The van der Waals surface area contributed by atoms with Crippen LogP contribution in [0.15, 0.2) is 0 Å². The van der Waals surface area contributed by atoms with Crippen LogP contribution >= 0.6 is 0 Å². The number of esters is 2. The third-order valence-electron chi connectivity index (χ3n) is 6.57. The summed E-state index contributed by atoms with van der Waals surface area (Å²) in [6.07, 6.45) is 13.7. The summed E-state index contributed by atoms with van der Waals surface area (Å²) in [6.45, 7) is 4.73. The van der Waals surface area contributed by atoms with Crippen LogP contribution in [-0.2, 0) is 19.1 Å². The predicted molar refractivity (Wildman–Crippen MR) is 103 cm³/mol. The van der Waals surface area contributed by atoms with Gasteiger partial charge in [0.1, 0.15) is 0 Å². The first-order chi connectivity index (χ1) is 12.6. The van der Waals surface area contributed by atoms with Gasteiger partial charge in [-0.25, -0.2) is 0 Å². The van der Waals surface area contributed by atoms with E-state index in [0.717, 1.165) is 36.5 Å². The Labute approximate surface area is 159 Å². The predicted octanol–water partition coefficient (Wildman–Crippen LogP) is 5.29. The summed E-state index contributed by atoms with van der Waals surface area (Å²) in [5, 5.41) is 0. The monoisotopic (exact) mass is 366 g/mol. The van der Waals surface area contributed by atoms with Crippen LogP contribution < -0.4 is 0 Å². The van der Waals surface area contributed by atoms with Crippen molar-refractivity contribution in [3.05, 3.63) is 0 Å². The lowest BCUT2D eigenvalue weighted by Crippen LogP contribution is -2.26. The van der Waals surface area contributed by atoms with Gasteiger partial charge in [-0.05, 0) is 76.0 Å². The van der Waals surface area contributed by atoms with Crippen LogP contribution in [0.4, 0.5) is 0 Å². The van der Waals surface area contributed by atoms with E-state index in [1.807, 2.05) is 13.8 Å². The van der Waals surface area contributed by atoms with E-state index in [1.165, 1.54) is 51.4 Å². The molecular formula is C22H38O4. The fourth-order valence-corrected chi connectivity index (χ4v) is 5.01. The minimum absolute atomic E-state index is 0.0317. The van der Waals surface area contributed by atoms with Gasteiger partial charge >= 0.3 is 11.9 Å². The SMILES string of the molecule is CCOC(=O)CCC1CCC(C2CCC(CCC(=O)OCC)CC2)CC1. The molecule has 4 heteroatoms. The van der Waals surface area contributed by atoms with E-state index in [1.54, 1.807) is 0 Å². The number of ether oxygens (including phenoxy) is 2. The molecule has 0 unspecified atom stereocenters. The van der Waals surface area contributed by atoms with E-state index in [2.05, 4.69) is 0 Å². The van der Waals surface area contributed by atoms with Gasteiger partial charge in [-0.2, -0.15) is 0 Å². The molecule has 26 heavy (non-hydrogen) atoms. The van der Waals surface area contributed by atoms with Crippen molar-refractivity contribution < 1.29 is 19.1 Å². The maximum atomic E-state index is 11.5. The Morgan fingerprint density at radius 2 is 1.00 bits per heavy atom. The highest BCUT2D eigenvalue weighted by Gasteiger charge is 2.31. The Balaban J connectivity index is 1.59. The Bertz CT molecular complexity index is 378. The molecule has 2 fully saturated rings. The fraction of sp³-hybridized carbons (Fsp3) is 0.909. The molecule has 0 heterocycles. The van der Waals surface area contributed by atoms with Crippen LogP contribution in [0.25, 0.3) is 0 Å². The van der Waals surface area contributed by atoms with Crippen LogP contribution in [-0.4, -0.2) is 25.2 Å². The number of hydrogen-bond donors (Lipinski definition) is 0. The average Bonchev–Trinajstić information content (AvgIpc) is 2.66. The molecule has 0 atom stereocenters. The zero-order valence-corrected chi connectivity index (χ0v) is 16.8. The van der Waals surface area contributed by atoms with Crippen LogP contribution in [0.5, 0.6) is 0 Å². The average molecular weight is 367 g/mol. The van der Waals surface area contributed by atoms with Gasteiger partial charge < -0.3 is 9.47 Å². The quantitative estimate of drug-likeness (QED) is 0.521. The van der Waals surface area contributed by atoms with Gasteiger partial charge in [0.15, 0.2) is 0 Å². The molecule has 0 saturated heterocycles. The van der Waals surface area contributed by atoms with Crippen molar-refractivity contribution in [1.29, 1.82) is 0 Å². The van der Waals surface area contributed by atoms with Gasteiger partial charge in [0.25, 0.3) is 0 Å². The minimum atomic E-state index is -0.0317. The molecule has 0 aromatic heterocycles. The van der Waals surface area contributed by atoms with Gasteiger partial charge in [-0.3, -0.25) is 9.59 Å². The maximum Gasteiger partial charge on any atom is 0.305 e. The van der Waals surface area contributed by atoms with Crippen molar-refractivity contribution in [2.75, 3.05) is 13.2 Å². The number of carbonyl (C=O) groups is 2. The molecule has 0 aliphatic heterocycles. The summed E-state index contributed by atoms with van der Waals surface area (Å²) in [5.41, 5.74) is 0. The molecule has 0 radical (unpaired) electrons. The highest BCUT2D eigenvalue weighted by Crippen LogP contribution is 2.42. The van der Waals surface area contributed by atoms with Crippen molar-refractivity contribution in [3.63, 3.8) is 0 Å². The van der Waals surface area contributed by atoms with E-state index >= 15 is 0 Å². The molecule has 0 N–H and O–H groups in total. The number of carbonyl (C=O) groups excluding carboxylic acids is 2. The van der Waals surface area contributed by atoms with E-state index in [0.29, 0.717) is 26.1 Å². The molecule has 0 bridgehead atoms. The largest absolute Gasteiger partial charge is 0.466 e. The zero-order chi connectivity index (χ0) is 18.8. The topological polar surface area (TPSA) is 52.6 Å². The highest BCUT2D eigenvalue weighted by atomic mass is 16.5. The fourth-order valence-electron chi connectivity index (χ4n) is 5.01. The van der Waals surface area contributed by atoms with Gasteiger partial charge in [0.05, 0.1) is 13.2 Å². The second-order valence-electron chi connectivity index (χ2n) is 8.25. The standard InChI is InChI=1S/C22H38O4/c1-3-25-21(23)15-9-17-5-11-19(12-6-17)20-13-7-18(8-14-20)10-16-22(24)26-4-2/h17-20H,3-16H2,1-2H3. The molecule has 2 saturated carbocycles. The first-order valence-electron chi connectivity index (χ1n) is 10.9. The summed E-state index contributed by atoms with van der Waals surface area (Å²) < 4.78 is 10.1. The van der Waals surface area contributed by atoms with E-state index in [9.17, 15) is 9.59 Å². The van der Waals surface area contributed by atoms with E-state index in [-0.39, 0.29) is 11.9 Å². The summed E-state index contributed by atoms with van der Waals surface area (Å²) in [7, 11) is 0. The van der Waals surface area contributed by atoms with E-state index < -0.39 is 0 Å².